The van der Waals surface area contributed by atoms with E-state index in [0.29, 0.717) is 6.54 Å². The van der Waals surface area contributed by atoms with Crippen molar-refractivity contribution in [2.45, 2.75) is 18.5 Å². The molecule has 3 atom stereocenters. The topological polar surface area (TPSA) is 87.0 Å². The van der Waals surface area contributed by atoms with Gasteiger partial charge in [0.25, 0.3) is 11.6 Å². The first kappa shape index (κ1) is 19.6. The lowest BCUT2D eigenvalue weighted by molar-refractivity contribution is -0.384. The van der Waals surface area contributed by atoms with E-state index in [1.807, 2.05) is 29.3 Å². The van der Waals surface area contributed by atoms with Gasteiger partial charge in [-0.25, -0.2) is 14.9 Å². The zero-order valence-corrected chi connectivity index (χ0v) is 17.9. The van der Waals surface area contributed by atoms with Gasteiger partial charge in [-0.15, -0.1) is 0 Å². The number of amides is 2. The van der Waals surface area contributed by atoms with Crippen molar-refractivity contribution >= 4 is 50.7 Å². The summed E-state index contributed by atoms with van der Waals surface area (Å²) in [6, 6.07) is 10.9. The van der Waals surface area contributed by atoms with Gasteiger partial charge in [0, 0.05) is 23.6 Å². The SMILES string of the molecule is O=C1[C@H]2[C@@H](c3ccc(Br)cc3)N3CCCN3[C@H]2C(=O)N1c1ccc(Cl)c([N+](=O)[O-])c1. The van der Waals surface area contributed by atoms with Crippen LogP contribution in [0, 0.1) is 16.0 Å². The number of fused-ring (bicyclic) bond motifs is 3. The van der Waals surface area contributed by atoms with Crippen molar-refractivity contribution in [3.05, 3.63) is 67.6 Å². The average molecular weight is 492 g/mol. The Morgan fingerprint density at radius 2 is 1.67 bits per heavy atom. The molecule has 2 aromatic rings. The summed E-state index contributed by atoms with van der Waals surface area (Å²) in [6.45, 7) is 1.47. The molecule has 3 aliphatic rings. The number of benzene rings is 2. The minimum absolute atomic E-state index is 0.0403. The maximum atomic E-state index is 13.5. The molecule has 154 valence electrons. The van der Waals surface area contributed by atoms with Crippen LogP contribution < -0.4 is 4.90 Å². The van der Waals surface area contributed by atoms with Crippen LogP contribution in [-0.2, 0) is 9.59 Å². The fourth-order valence-electron chi connectivity index (χ4n) is 4.81. The normalized spacial score (nSPS) is 26.3. The van der Waals surface area contributed by atoms with Gasteiger partial charge in [0.05, 0.1) is 22.6 Å². The van der Waals surface area contributed by atoms with Crippen LogP contribution in [0.2, 0.25) is 5.02 Å². The Balaban J connectivity index is 1.58. The van der Waals surface area contributed by atoms with Crippen LogP contribution in [0.1, 0.15) is 18.0 Å². The molecular weight excluding hydrogens is 476 g/mol. The summed E-state index contributed by atoms with van der Waals surface area (Å²) in [4.78, 5) is 38.6. The van der Waals surface area contributed by atoms with Crippen molar-refractivity contribution in [2.75, 3.05) is 18.0 Å². The van der Waals surface area contributed by atoms with Crippen LogP contribution in [-0.4, -0.2) is 45.9 Å². The summed E-state index contributed by atoms with van der Waals surface area (Å²) in [5.41, 5.74) is 0.803. The lowest BCUT2D eigenvalue weighted by Crippen LogP contribution is -2.44. The van der Waals surface area contributed by atoms with Crippen molar-refractivity contribution in [1.29, 1.82) is 0 Å². The summed E-state index contributed by atoms with van der Waals surface area (Å²) in [7, 11) is 0. The number of nitro groups is 1. The second-order valence-corrected chi connectivity index (χ2v) is 8.87. The maximum Gasteiger partial charge on any atom is 0.289 e. The zero-order chi connectivity index (χ0) is 21.2. The van der Waals surface area contributed by atoms with Crippen molar-refractivity contribution in [3.63, 3.8) is 0 Å². The number of nitro benzene ring substituents is 1. The molecule has 3 saturated heterocycles. The van der Waals surface area contributed by atoms with Crippen LogP contribution >= 0.6 is 27.5 Å². The number of imide groups is 1. The number of carbonyl (C=O) groups is 2. The van der Waals surface area contributed by atoms with Gasteiger partial charge >= 0.3 is 0 Å². The predicted molar refractivity (Wildman–Crippen MR) is 113 cm³/mol. The van der Waals surface area contributed by atoms with E-state index >= 15 is 0 Å². The first-order valence-electron chi connectivity index (χ1n) is 9.49. The quantitative estimate of drug-likeness (QED) is 0.371. The molecule has 0 bridgehead atoms. The van der Waals surface area contributed by atoms with Crippen LogP contribution in [0.3, 0.4) is 0 Å². The fourth-order valence-corrected chi connectivity index (χ4v) is 5.26. The number of rotatable bonds is 3. The van der Waals surface area contributed by atoms with Crippen molar-refractivity contribution in [3.8, 4) is 0 Å². The number of hydrogen-bond acceptors (Lipinski definition) is 6. The van der Waals surface area contributed by atoms with E-state index in [0.717, 1.165) is 27.9 Å². The third-order valence-corrected chi connectivity index (χ3v) is 6.85. The molecular formula is C20H16BrClN4O4. The third kappa shape index (κ3) is 2.80. The minimum Gasteiger partial charge on any atom is -0.274 e. The summed E-state index contributed by atoms with van der Waals surface area (Å²) < 4.78 is 0.933. The van der Waals surface area contributed by atoms with Gasteiger partial charge in [0.15, 0.2) is 0 Å². The van der Waals surface area contributed by atoms with Gasteiger partial charge in [0.2, 0.25) is 5.91 Å². The highest BCUT2D eigenvalue weighted by molar-refractivity contribution is 9.10. The fraction of sp³-hybridized carbons (Fsp3) is 0.300. The molecule has 8 nitrogen and oxygen atoms in total. The van der Waals surface area contributed by atoms with Gasteiger partial charge in [-0.05, 0) is 36.2 Å². The lowest BCUT2D eigenvalue weighted by atomic mass is 9.90. The molecule has 3 heterocycles. The number of carbonyl (C=O) groups excluding carboxylic acids is 2. The Morgan fingerprint density at radius 1 is 1.00 bits per heavy atom. The molecule has 5 rings (SSSR count). The first-order valence-corrected chi connectivity index (χ1v) is 10.7. The van der Waals surface area contributed by atoms with E-state index in [-0.39, 0.29) is 34.3 Å². The molecule has 0 radical (unpaired) electrons. The molecule has 10 heteroatoms. The highest BCUT2D eigenvalue weighted by atomic mass is 79.9. The van der Waals surface area contributed by atoms with Gasteiger partial charge in [-0.2, -0.15) is 0 Å². The second kappa shape index (κ2) is 7.12. The smallest absolute Gasteiger partial charge is 0.274 e. The molecule has 0 N–H and O–H groups in total. The van der Waals surface area contributed by atoms with Gasteiger partial charge in [0.1, 0.15) is 11.1 Å². The van der Waals surface area contributed by atoms with E-state index in [2.05, 4.69) is 20.9 Å². The standard InChI is InChI=1S/C20H16BrClN4O4/c21-12-4-2-11(3-5-12)17-16-18(24-9-1-8-23(17)24)20(28)25(19(16)27)13-6-7-14(22)15(10-13)26(29)30/h2-7,10,16-18H,1,8-9H2/t16-,17+,18+/m0/s1. The highest BCUT2D eigenvalue weighted by Crippen LogP contribution is 2.49. The second-order valence-electron chi connectivity index (χ2n) is 7.55. The minimum atomic E-state index is -0.621. The molecule has 3 aliphatic heterocycles. The Labute approximate surface area is 185 Å². The molecule has 30 heavy (non-hydrogen) atoms. The third-order valence-electron chi connectivity index (χ3n) is 6.00. The summed E-state index contributed by atoms with van der Waals surface area (Å²) in [5.74, 6) is -1.27. The molecule has 0 unspecified atom stereocenters. The lowest BCUT2D eigenvalue weighted by Gasteiger charge is -2.29. The van der Waals surface area contributed by atoms with Crippen LogP contribution in [0.4, 0.5) is 11.4 Å². The van der Waals surface area contributed by atoms with Gasteiger partial charge in [-0.1, -0.05) is 39.7 Å². The summed E-state index contributed by atoms with van der Waals surface area (Å²) in [5, 5.41) is 15.3. The Morgan fingerprint density at radius 3 is 2.33 bits per heavy atom. The first-order chi connectivity index (χ1) is 14.4. The number of halogens is 2. The largest absolute Gasteiger partial charge is 0.289 e. The van der Waals surface area contributed by atoms with E-state index in [1.165, 1.54) is 18.2 Å². The number of anilines is 1. The Bertz CT molecular complexity index is 1080. The van der Waals surface area contributed by atoms with E-state index in [1.54, 1.807) is 0 Å². The molecule has 0 spiro atoms. The summed E-state index contributed by atoms with van der Waals surface area (Å²) in [6.07, 6.45) is 0.907. The van der Waals surface area contributed by atoms with Crippen LogP contribution in [0.25, 0.3) is 0 Å². The molecule has 2 amide bonds. The zero-order valence-electron chi connectivity index (χ0n) is 15.6. The highest BCUT2D eigenvalue weighted by Gasteiger charge is 2.62. The molecule has 2 aromatic carbocycles. The molecule has 3 fully saturated rings. The van der Waals surface area contributed by atoms with Crippen molar-refractivity contribution < 1.29 is 14.5 Å². The average Bonchev–Trinajstić information content (AvgIpc) is 3.36. The van der Waals surface area contributed by atoms with Crippen molar-refractivity contribution in [1.82, 2.24) is 10.0 Å². The van der Waals surface area contributed by atoms with E-state index < -0.39 is 16.9 Å². The Hall–Kier alpha value is -2.33. The number of nitrogens with zero attached hydrogens (tertiary/aromatic N) is 4. The van der Waals surface area contributed by atoms with E-state index in [4.69, 9.17) is 11.6 Å². The monoisotopic (exact) mass is 490 g/mol. The number of hydrazine groups is 1. The number of hydrogen-bond donors (Lipinski definition) is 0. The maximum absolute atomic E-state index is 13.5. The van der Waals surface area contributed by atoms with E-state index in [9.17, 15) is 19.7 Å². The summed E-state index contributed by atoms with van der Waals surface area (Å²) >= 11 is 9.34. The van der Waals surface area contributed by atoms with Gasteiger partial charge in [-0.3, -0.25) is 19.7 Å². The van der Waals surface area contributed by atoms with Crippen LogP contribution in [0.5, 0.6) is 0 Å². The van der Waals surface area contributed by atoms with Crippen molar-refractivity contribution in [2.24, 2.45) is 5.92 Å². The molecule has 0 aromatic heterocycles. The predicted octanol–water partition coefficient (Wildman–Crippen LogP) is 3.55. The molecule has 0 saturated carbocycles. The Kier molecular flexibility index (Phi) is 4.66. The van der Waals surface area contributed by atoms with Crippen LogP contribution in [0.15, 0.2) is 46.9 Å². The molecule has 0 aliphatic carbocycles. The van der Waals surface area contributed by atoms with Gasteiger partial charge < -0.3 is 0 Å².